The van der Waals surface area contributed by atoms with E-state index in [0.29, 0.717) is 36.5 Å². The molecule has 4 nitrogen and oxygen atoms in total. The molecule has 1 saturated heterocycles. The first-order valence-electron chi connectivity index (χ1n) is 8.73. The number of ether oxygens (including phenoxy) is 2. The third-order valence-corrected chi connectivity index (χ3v) is 4.13. The minimum Gasteiger partial charge on any atom is -0.493 e. The number of Topliss-reactive ketones (excluding diaryl/α,β-unsaturated/α-hetero) is 1. The maximum absolute atomic E-state index is 11.9. The van der Waals surface area contributed by atoms with Gasteiger partial charge in [0.2, 0.25) is 0 Å². The first-order valence-corrected chi connectivity index (χ1v) is 8.73. The summed E-state index contributed by atoms with van der Waals surface area (Å²) in [5, 5.41) is 0. The van der Waals surface area contributed by atoms with Gasteiger partial charge in [0.1, 0.15) is 5.75 Å². The summed E-state index contributed by atoms with van der Waals surface area (Å²) in [4.78, 5) is 14.4. The lowest BCUT2D eigenvalue weighted by atomic mass is 10.1. The van der Waals surface area contributed by atoms with Crippen LogP contribution in [0.5, 0.6) is 5.75 Å². The molecule has 0 aromatic heterocycles. The highest BCUT2D eigenvalue weighted by molar-refractivity contribution is 5.98. The Labute approximate surface area is 139 Å². The van der Waals surface area contributed by atoms with E-state index in [4.69, 9.17) is 9.47 Å². The van der Waals surface area contributed by atoms with Crippen LogP contribution in [-0.2, 0) is 4.74 Å². The predicted molar refractivity (Wildman–Crippen MR) is 92.2 cm³/mol. The quantitative estimate of drug-likeness (QED) is 0.542. The highest BCUT2D eigenvalue weighted by atomic mass is 16.5. The van der Waals surface area contributed by atoms with Gasteiger partial charge in [-0.3, -0.25) is 9.69 Å². The molecular weight excluding hydrogens is 290 g/mol. The summed E-state index contributed by atoms with van der Waals surface area (Å²) >= 11 is 0. The van der Waals surface area contributed by atoms with Gasteiger partial charge in [0.15, 0.2) is 5.78 Å². The van der Waals surface area contributed by atoms with Crippen molar-refractivity contribution in [3.8, 4) is 5.75 Å². The third kappa shape index (κ3) is 5.63. The van der Waals surface area contributed by atoms with Gasteiger partial charge in [0.25, 0.3) is 0 Å². The van der Waals surface area contributed by atoms with Crippen LogP contribution in [0.15, 0.2) is 24.3 Å². The molecule has 0 bridgehead atoms. The van der Waals surface area contributed by atoms with Gasteiger partial charge in [-0.15, -0.1) is 0 Å². The number of benzene rings is 1. The van der Waals surface area contributed by atoms with E-state index in [2.05, 4.69) is 18.7 Å². The van der Waals surface area contributed by atoms with Gasteiger partial charge in [-0.25, -0.2) is 0 Å². The summed E-state index contributed by atoms with van der Waals surface area (Å²) in [6.45, 7) is 9.91. The van der Waals surface area contributed by atoms with Crippen LogP contribution >= 0.6 is 0 Å². The van der Waals surface area contributed by atoms with E-state index in [0.717, 1.165) is 32.5 Å². The van der Waals surface area contributed by atoms with E-state index in [1.54, 1.807) is 0 Å². The fraction of sp³-hybridized carbons (Fsp3) is 0.632. The van der Waals surface area contributed by atoms with Crippen molar-refractivity contribution >= 4 is 5.78 Å². The van der Waals surface area contributed by atoms with Crippen LogP contribution in [0.3, 0.4) is 0 Å². The molecule has 0 saturated carbocycles. The van der Waals surface area contributed by atoms with Crippen LogP contribution in [0.2, 0.25) is 0 Å². The summed E-state index contributed by atoms with van der Waals surface area (Å²) in [6, 6.07) is 7.53. The average molecular weight is 319 g/mol. The molecule has 1 aliphatic heterocycles. The number of hydrogen-bond donors (Lipinski definition) is 0. The van der Waals surface area contributed by atoms with E-state index >= 15 is 0 Å². The highest BCUT2D eigenvalue weighted by Gasteiger charge is 2.21. The van der Waals surface area contributed by atoms with Crippen LogP contribution in [0.25, 0.3) is 0 Å². The molecule has 0 unspecified atom stereocenters. The Morgan fingerprint density at radius 2 is 1.91 bits per heavy atom. The molecule has 4 heteroatoms. The first kappa shape index (κ1) is 18.0. The third-order valence-electron chi connectivity index (χ3n) is 4.13. The fourth-order valence-electron chi connectivity index (χ4n) is 3.10. The van der Waals surface area contributed by atoms with Crippen molar-refractivity contribution in [2.45, 2.75) is 52.2 Å². The number of ketones is 1. The first-order chi connectivity index (χ1) is 11.1. The van der Waals surface area contributed by atoms with Gasteiger partial charge in [-0.1, -0.05) is 19.1 Å². The lowest BCUT2D eigenvalue weighted by Crippen LogP contribution is -2.45. The van der Waals surface area contributed by atoms with E-state index in [-0.39, 0.29) is 5.78 Å². The van der Waals surface area contributed by atoms with Gasteiger partial charge in [0.05, 0.1) is 24.4 Å². The monoisotopic (exact) mass is 319 g/mol. The van der Waals surface area contributed by atoms with Crippen molar-refractivity contribution in [1.29, 1.82) is 0 Å². The Hall–Kier alpha value is -1.39. The number of unbranched alkanes of at least 4 members (excludes halogenated alkanes) is 1. The van der Waals surface area contributed by atoms with Crippen molar-refractivity contribution in [2.75, 3.05) is 26.2 Å². The Kier molecular flexibility index (Phi) is 7.06. The Morgan fingerprint density at radius 1 is 1.22 bits per heavy atom. The molecule has 1 aromatic rings. The summed E-state index contributed by atoms with van der Waals surface area (Å²) in [6.07, 6.45) is 3.25. The molecule has 2 atom stereocenters. The summed E-state index contributed by atoms with van der Waals surface area (Å²) in [5.74, 6) is 0.852. The number of nitrogens with zero attached hydrogens (tertiary/aromatic N) is 1. The van der Waals surface area contributed by atoms with Crippen molar-refractivity contribution < 1.29 is 14.3 Å². The minimum absolute atomic E-state index is 0.136. The molecule has 2 rings (SSSR count). The van der Waals surface area contributed by atoms with Gasteiger partial charge >= 0.3 is 0 Å². The van der Waals surface area contributed by atoms with Crippen molar-refractivity contribution in [3.63, 3.8) is 0 Å². The Balaban J connectivity index is 1.71. The fourth-order valence-corrected chi connectivity index (χ4v) is 3.10. The topological polar surface area (TPSA) is 38.8 Å². The molecular formula is C19H29NO3. The molecule has 0 amide bonds. The predicted octanol–water partition coefficient (Wildman–Crippen LogP) is 3.55. The summed E-state index contributed by atoms with van der Waals surface area (Å²) in [7, 11) is 0. The lowest BCUT2D eigenvalue weighted by Gasteiger charge is -2.35. The van der Waals surface area contributed by atoms with Crippen LogP contribution in [0.1, 0.15) is 50.4 Å². The largest absolute Gasteiger partial charge is 0.493 e. The standard InChI is InChI=1S/C19H29NO3/c1-4-18(21)17-9-5-6-10-19(17)22-12-8-7-11-20-13-15(2)23-16(3)14-20/h5-6,9-10,15-16H,4,7-8,11-14H2,1-3H3/t15-,16+. The molecule has 0 aliphatic carbocycles. The van der Waals surface area contributed by atoms with Crippen molar-refractivity contribution in [3.05, 3.63) is 29.8 Å². The zero-order valence-corrected chi connectivity index (χ0v) is 14.6. The molecule has 1 aromatic carbocycles. The van der Waals surface area contributed by atoms with Crippen LogP contribution in [0.4, 0.5) is 0 Å². The number of morpholine rings is 1. The number of rotatable bonds is 8. The maximum Gasteiger partial charge on any atom is 0.166 e. The molecule has 1 fully saturated rings. The second kappa shape index (κ2) is 9.04. The van der Waals surface area contributed by atoms with Crippen LogP contribution < -0.4 is 4.74 Å². The van der Waals surface area contributed by atoms with Crippen LogP contribution in [-0.4, -0.2) is 49.1 Å². The van der Waals surface area contributed by atoms with Gasteiger partial charge < -0.3 is 9.47 Å². The minimum atomic E-state index is 0.136. The van der Waals surface area contributed by atoms with E-state index in [1.807, 2.05) is 31.2 Å². The molecule has 0 radical (unpaired) electrons. The Bertz CT molecular complexity index is 493. The SMILES string of the molecule is CCC(=O)c1ccccc1OCCCCN1C[C@@H](C)O[C@@H](C)C1. The average Bonchev–Trinajstić information content (AvgIpc) is 2.53. The molecule has 0 spiro atoms. The summed E-state index contributed by atoms with van der Waals surface area (Å²) in [5.41, 5.74) is 0.700. The van der Waals surface area contributed by atoms with E-state index in [1.165, 1.54) is 0 Å². The number of para-hydroxylation sites is 1. The second-order valence-electron chi connectivity index (χ2n) is 6.35. The number of carbonyl (C=O) groups excluding carboxylic acids is 1. The molecule has 1 heterocycles. The second-order valence-corrected chi connectivity index (χ2v) is 6.35. The highest BCUT2D eigenvalue weighted by Crippen LogP contribution is 2.20. The molecule has 0 N–H and O–H groups in total. The van der Waals surface area contributed by atoms with Crippen molar-refractivity contribution in [2.24, 2.45) is 0 Å². The maximum atomic E-state index is 11.9. The van der Waals surface area contributed by atoms with Crippen molar-refractivity contribution in [1.82, 2.24) is 4.90 Å². The summed E-state index contributed by atoms with van der Waals surface area (Å²) < 4.78 is 11.6. The normalized spacial score (nSPS) is 22.0. The Morgan fingerprint density at radius 3 is 2.61 bits per heavy atom. The lowest BCUT2D eigenvalue weighted by molar-refractivity contribution is -0.0682. The molecule has 128 valence electrons. The van der Waals surface area contributed by atoms with Gasteiger partial charge in [-0.05, 0) is 45.4 Å². The number of hydrogen-bond acceptors (Lipinski definition) is 4. The smallest absolute Gasteiger partial charge is 0.166 e. The van der Waals surface area contributed by atoms with Gasteiger partial charge in [-0.2, -0.15) is 0 Å². The van der Waals surface area contributed by atoms with E-state index < -0.39 is 0 Å². The number of carbonyl (C=O) groups is 1. The van der Waals surface area contributed by atoms with Crippen LogP contribution in [0, 0.1) is 0 Å². The zero-order valence-electron chi connectivity index (χ0n) is 14.6. The van der Waals surface area contributed by atoms with Gasteiger partial charge in [0, 0.05) is 19.5 Å². The zero-order chi connectivity index (χ0) is 16.7. The molecule has 23 heavy (non-hydrogen) atoms. The van der Waals surface area contributed by atoms with E-state index in [9.17, 15) is 4.79 Å². The molecule has 1 aliphatic rings.